The standard InChI is InChI=1S/C27H19BrN4O/c28-20-12-7-13-21(16-20)29-27(33)30-22-14-15-23-24(17-22)32-26(19-10-5-2-6-11-19)25(31-23)18-8-3-1-4-9-18/h1-17H,(H2,29,30,33). The number of nitrogens with zero attached hydrogens (tertiary/aromatic N) is 2. The van der Waals surface area contributed by atoms with Gasteiger partial charge in [0.25, 0.3) is 0 Å². The van der Waals surface area contributed by atoms with Crippen LogP contribution in [0.15, 0.2) is 108 Å². The van der Waals surface area contributed by atoms with Crippen LogP contribution in [0.4, 0.5) is 16.2 Å². The SMILES string of the molecule is O=C(Nc1cccc(Br)c1)Nc1ccc2nc(-c3ccccc3)c(-c3ccccc3)nc2c1. The Morgan fingerprint density at radius 2 is 1.18 bits per heavy atom. The highest BCUT2D eigenvalue weighted by Gasteiger charge is 2.14. The molecule has 0 aliphatic rings. The molecule has 0 spiro atoms. The van der Waals surface area contributed by atoms with E-state index in [4.69, 9.17) is 9.97 Å². The number of urea groups is 1. The van der Waals surface area contributed by atoms with Gasteiger partial charge >= 0.3 is 6.03 Å². The quantitative estimate of drug-likeness (QED) is 0.274. The molecule has 0 fully saturated rings. The van der Waals surface area contributed by atoms with Gasteiger partial charge in [-0.1, -0.05) is 82.7 Å². The highest BCUT2D eigenvalue weighted by molar-refractivity contribution is 9.10. The Morgan fingerprint density at radius 1 is 0.606 bits per heavy atom. The van der Waals surface area contributed by atoms with E-state index in [0.29, 0.717) is 16.9 Å². The molecule has 4 aromatic carbocycles. The number of hydrogen-bond acceptors (Lipinski definition) is 3. The zero-order valence-corrected chi connectivity index (χ0v) is 19.1. The molecule has 0 unspecified atom stereocenters. The van der Waals surface area contributed by atoms with Gasteiger partial charge in [-0.05, 0) is 36.4 Å². The Morgan fingerprint density at radius 3 is 1.79 bits per heavy atom. The van der Waals surface area contributed by atoms with E-state index < -0.39 is 0 Å². The van der Waals surface area contributed by atoms with E-state index >= 15 is 0 Å². The Labute approximate surface area is 199 Å². The van der Waals surface area contributed by atoms with Crippen LogP contribution in [-0.2, 0) is 0 Å². The van der Waals surface area contributed by atoms with Gasteiger partial charge < -0.3 is 10.6 Å². The summed E-state index contributed by atoms with van der Waals surface area (Å²) in [5, 5.41) is 5.71. The summed E-state index contributed by atoms with van der Waals surface area (Å²) in [6, 6.07) is 32.7. The van der Waals surface area contributed by atoms with Crippen LogP contribution in [0.25, 0.3) is 33.5 Å². The first kappa shape index (κ1) is 20.8. The van der Waals surface area contributed by atoms with E-state index in [1.165, 1.54) is 0 Å². The molecular weight excluding hydrogens is 476 g/mol. The van der Waals surface area contributed by atoms with Crippen molar-refractivity contribution in [2.24, 2.45) is 0 Å². The Balaban J connectivity index is 1.51. The number of carbonyl (C=O) groups excluding carboxylic acids is 1. The zero-order valence-electron chi connectivity index (χ0n) is 17.5. The number of aromatic nitrogens is 2. The van der Waals surface area contributed by atoms with Gasteiger partial charge in [0.05, 0.1) is 22.4 Å². The molecular formula is C27H19BrN4O. The molecule has 0 atom stereocenters. The number of amides is 2. The van der Waals surface area contributed by atoms with Gasteiger partial charge in [-0.25, -0.2) is 14.8 Å². The van der Waals surface area contributed by atoms with Crippen LogP contribution < -0.4 is 10.6 Å². The predicted octanol–water partition coefficient (Wildman–Crippen LogP) is 7.37. The lowest BCUT2D eigenvalue weighted by Crippen LogP contribution is -2.19. The van der Waals surface area contributed by atoms with E-state index in [1.54, 1.807) is 0 Å². The van der Waals surface area contributed by atoms with Gasteiger partial charge in [0.1, 0.15) is 0 Å². The molecule has 2 amide bonds. The molecule has 2 N–H and O–H groups in total. The molecule has 160 valence electrons. The number of benzene rings is 4. The molecule has 0 saturated heterocycles. The highest BCUT2D eigenvalue weighted by Crippen LogP contribution is 2.31. The first-order valence-corrected chi connectivity index (χ1v) is 11.2. The van der Waals surface area contributed by atoms with E-state index in [1.807, 2.05) is 103 Å². The van der Waals surface area contributed by atoms with Crippen LogP contribution in [-0.4, -0.2) is 16.0 Å². The van der Waals surface area contributed by atoms with Crippen LogP contribution in [0.5, 0.6) is 0 Å². The minimum absolute atomic E-state index is 0.329. The maximum absolute atomic E-state index is 12.5. The van der Waals surface area contributed by atoms with Crippen LogP contribution >= 0.6 is 15.9 Å². The molecule has 5 nitrogen and oxygen atoms in total. The molecule has 5 rings (SSSR count). The second-order valence-electron chi connectivity index (χ2n) is 7.45. The molecule has 33 heavy (non-hydrogen) atoms. The summed E-state index contributed by atoms with van der Waals surface area (Å²) < 4.78 is 0.893. The van der Waals surface area contributed by atoms with E-state index in [9.17, 15) is 4.79 Å². The molecule has 0 aliphatic carbocycles. The van der Waals surface area contributed by atoms with E-state index in [0.717, 1.165) is 32.5 Å². The van der Waals surface area contributed by atoms with Crippen molar-refractivity contribution >= 4 is 44.4 Å². The Kier molecular flexibility index (Phi) is 5.83. The summed E-state index contributed by atoms with van der Waals surface area (Å²) in [6.07, 6.45) is 0. The number of nitrogens with one attached hydrogen (secondary N) is 2. The molecule has 1 aromatic heterocycles. The number of hydrogen-bond donors (Lipinski definition) is 2. The first-order valence-electron chi connectivity index (χ1n) is 10.4. The Bertz CT molecular complexity index is 1440. The smallest absolute Gasteiger partial charge is 0.308 e. The third-order valence-corrected chi connectivity index (χ3v) is 5.59. The normalized spacial score (nSPS) is 10.7. The summed E-state index contributed by atoms with van der Waals surface area (Å²) in [6.45, 7) is 0. The van der Waals surface area contributed by atoms with Crippen LogP contribution in [0.1, 0.15) is 0 Å². The third kappa shape index (κ3) is 4.76. The van der Waals surface area contributed by atoms with Crippen molar-refractivity contribution in [3.63, 3.8) is 0 Å². The first-order chi connectivity index (χ1) is 16.2. The average Bonchev–Trinajstić information content (AvgIpc) is 2.84. The number of halogens is 1. The largest absolute Gasteiger partial charge is 0.323 e. The van der Waals surface area contributed by atoms with Gasteiger partial charge in [-0.15, -0.1) is 0 Å². The van der Waals surface area contributed by atoms with E-state index in [-0.39, 0.29) is 6.03 Å². The molecule has 0 radical (unpaired) electrons. The lowest BCUT2D eigenvalue weighted by atomic mass is 10.0. The van der Waals surface area contributed by atoms with Crippen LogP contribution in [0.3, 0.4) is 0 Å². The maximum atomic E-state index is 12.5. The van der Waals surface area contributed by atoms with Crippen molar-refractivity contribution in [1.29, 1.82) is 0 Å². The summed E-state index contributed by atoms with van der Waals surface area (Å²) in [7, 11) is 0. The van der Waals surface area contributed by atoms with Crippen LogP contribution in [0, 0.1) is 0 Å². The van der Waals surface area contributed by atoms with Crippen molar-refractivity contribution < 1.29 is 4.79 Å². The van der Waals surface area contributed by atoms with Crippen LogP contribution in [0.2, 0.25) is 0 Å². The minimum atomic E-state index is -0.329. The van der Waals surface area contributed by atoms with Crippen molar-refractivity contribution in [2.45, 2.75) is 0 Å². The van der Waals surface area contributed by atoms with Crippen molar-refractivity contribution in [1.82, 2.24) is 9.97 Å². The zero-order chi connectivity index (χ0) is 22.6. The summed E-state index contributed by atoms with van der Waals surface area (Å²) in [5.74, 6) is 0. The highest BCUT2D eigenvalue weighted by atomic mass is 79.9. The van der Waals surface area contributed by atoms with Crippen molar-refractivity contribution in [2.75, 3.05) is 10.6 Å². The Hall–Kier alpha value is -4.03. The molecule has 0 aliphatic heterocycles. The molecule has 5 aromatic rings. The van der Waals surface area contributed by atoms with Gasteiger partial charge in [0, 0.05) is 27.0 Å². The second-order valence-corrected chi connectivity index (χ2v) is 8.36. The molecule has 6 heteroatoms. The predicted molar refractivity (Wildman–Crippen MR) is 137 cm³/mol. The fourth-order valence-electron chi connectivity index (χ4n) is 3.59. The average molecular weight is 495 g/mol. The monoisotopic (exact) mass is 494 g/mol. The number of anilines is 2. The minimum Gasteiger partial charge on any atom is -0.308 e. The molecule has 1 heterocycles. The number of rotatable bonds is 4. The van der Waals surface area contributed by atoms with Gasteiger partial charge in [0.15, 0.2) is 0 Å². The second kappa shape index (κ2) is 9.22. The van der Waals surface area contributed by atoms with Gasteiger partial charge in [0.2, 0.25) is 0 Å². The number of fused-ring (bicyclic) bond motifs is 1. The molecule has 0 saturated carbocycles. The maximum Gasteiger partial charge on any atom is 0.323 e. The fourth-order valence-corrected chi connectivity index (χ4v) is 3.99. The lowest BCUT2D eigenvalue weighted by molar-refractivity contribution is 0.262. The third-order valence-electron chi connectivity index (χ3n) is 5.10. The fraction of sp³-hybridized carbons (Fsp3) is 0. The van der Waals surface area contributed by atoms with Crippen molar-refractivity contribution in [3.05, 3.63) is 108 Å². The summed E-state index contributed by atoms with van der Waals surface area (Å²) in [4.78, 5) is 22.4. The topological polar surface area (TPSA) is 66.9 Å². The molecule has 0 bridgehead atoms. The summed E-state index contributed by atoms with van der Waals surface area (Å²) in [5.41, 5.74) is 6.39. The van der Waals surface area contributed by atoms with E-state index in [2.05, 4.69) is 26.6 Å². The van der Waals surface area contributed by atoms with Gasteiger partial charge in [-0.2, -0.15) is 0 Å². The number of carbonyl (C=O) groups is 1. The summed E-state index contributed by atoms with van der Waals surface area (Å²) >= 11 is 3.41. The van der Waals surface area contributed by atoms with Crippen molar-refractivity contribution in [3.8, 4) is 22.5 Å². The van der Waals surface area contributed by atoms with Gasteiger partial charge in [-0.3, -0.25) is 0 Å². The lowest BCUT2D eigenvalue weighted by Gasteiger charge is -2.12.